The second-order valence-electron chi connectivity index (χ2n) is 2.91. The first-order valence-electron chi connectivity index (χ1n) is 4.24. The molecule has 0 aliphatic carbocycles. The van der Waals surface area contributed by atoms with Crippen LogP contribution >= 0.6 is 38.5 Å². The fourth-order valence-corrected chi connectivity index (χ4v) is 2.62. The second-order valence-corrected chi connectivity index (χ2v) is 4.99. The third kappa shape index (κ3) is 2.59. The van der Waals surface area contributed by atoms with E-state index in [1.807, 2.05) is 6.07 Å². The summed E-state index contributed by atoms with van der Waals surface area (Å²) in [6, 6.07) is 3.61. The summed E-state index contributed by atoms with van der Waals surface area (Å²) in [7, 11) is 0. The summed E-state index contributed by atoms with van der Waals surface area (Å²) < 4.78 is 3.10. The predicted molar refractivity (Wildman–Crippen MR) is 71.5 cm³/mol. The molecule has 0 unspecified atom stereocenters. The number of rotatable bonds is 2. The molecule has 1 aromatic carbocycles. The van der Waals surface area contributed by atoms with E-state index in [-0.39, 0.29) is 5.75 Å². The molecule has 16 heavy (non-hydrogen) atoms. The van der Waals surface area contributed by atoms with Gasteiger partial charge in [-0.3, -0.25) is 0 Å². The van der Waals surface area contributed by atoms with Crippen LogP contribution in [0, 0.1) is 3.57 Å². The van der Waals surface area contributed by atoms with Crippen LogP contribution in [0.25, 0.3) is 0 Å². The van der Waals surface area contributed by atoms with Crippen LogP contribution < -0.4 is 0 Å². The minimum Gasteiger partial charge on any atom is -0.506 e. The molecule has 2 rings (SSSR count). The molecular weight excluding hydrogens is 387 g/mol. The Morgan fingerprint density at radius 1 is 1.38 bits per heavy atom. The quantitative estimate of drug-likeness (QED) is 0.629. The number of aromatic nitrogens is 3. The van der Waals surface area contributed by atoms with Crippen molar-refractivity contribution < 1.29 is 5.11 Å². The Labute approximate surface area is 113 Å². The van der Waals surface area contributed by atoms with Gasteiger partial charge in [-0.05, 0) is 34.7 Å². The van der Waals surface area contributed by atoms with Crippen LogP contribution in [-0.2, 0) is 0 Å². The molecule has 0 saturated heterocycles. The number of benzene rings is 1. The standard InChI is InChI=1S/C9H6BrIN4O/c10-7-1-6(9(16)8(11)2-7)3-14-15-4-12-13-5-15/h1-5,16H/b14-3-. The van der Waals surface area contributed by atoms with Gasteiger partial charge in [0.05, 0.1) is 9.78 Å². The second kappa shape index (κ2) is 4.91. The summed E-state index contributed by atoms with van der Waals surface area (Å²) in [5.41, 5.74) is 0.632. The molecule has 0 saturated carbocycles. The summed E-state index contributed by atoms with van der Waals surface area (Å²) in [6.45, 7) is 0. The van der Waals surface area contributed by atoms with Crippen molar-refractivity contribution in [1.29, 1.82) is 0 Å². The molecule has 0 aliphatic rings. The zero-order chi connectivity index (χ0) is 11.5. The van der Waals surface area contributed by atoms with Crippen LogP contribution in [0.2, 0.25) is 0 Å². The normalized spacial score (nSPS) is 11.1. The van der Waals surface area contributed by atoms with Crippen molar-refractivity contribution in [3.05, 3.63) is 38.4 Å². The van der Waals surface area contributed by atoms with Crippen molar-refractivity contribution in [2.45, 2.75) is 0 Å². The largest absolute Gasteiger partial charge is 0.506 e. The Bertz CT molecular complexity index is 527. The molecule has 82 valence electrons. The van der Waals surface area contributed by atoms with Crippen LogP contribution in [-0.4, -0.2) is 26.2 Å². The highest BCUT2D eigenvalue weighted by Gasteiger charge is 2.05. The van der Waals surface area contributed by atoms with E-state index in [2.05, 4.69) is 53.8 Å². The molecule has 0 aliphatic heterocycles. The fraction of sp³-hybridized carbons (Fsp3) is 0. The lowest BCUT2D eigenvalue weighted by Gasteiger charge is -2.02. The maximum Gasteiger partial charge on any atom is 0.141 e. The average molecular weight is 393 g/mol. The van der Waals surface area contributed by atoms with Gasteiger partial charge in [-0.15, -0.1) is 10.2 Å². The maximum absolute atomic E-state index is 9.79. The van der Waals surface area contributed by atoms with Gasteiger partial charge in [0.2, 0.25) is 0 Å². The van der Waals surface area contributed by atoms with Crippen molar-refractivity contribution in [3.8, 4) is 5.75 Å². The van der Waals surface area contributed by atoms with Gasteiger partial charge in [0.25, 0.3) is 0 Å². The number of nitrogens with zero attached hydrogens (tertiary/aromatic N) is 4. The van der Waals surface area contributed by atoms with Crippen LogP contribution in [0.1, 0.15) is 5.56 Å². The first-order chi connectivity index (χ1) is 7.66. The molecule has 0 radical (unpaired) electrons. The Kier molecular flexibility index (Phi) is 3.54. The van der Waals surface area contributed by atoms with E-state index in [1.54, 1.807) is 12.3 Å². The Balaban J connectivity index is 2.34. The monoisotopic (exact) mass is 392 g/mol. The molecule has 0 amide bonds. The van der Waals surface area contributed by atoms with Crippen molar-refractivity contribution in [2.24, 2.45) is 5.10 Å². The Hall–Kier alpha value is -0.960. The van der Waals surface area contributed by atoms with E-state index in [0.29, 0.717) is 5.56 Å². The summed E-state index contributed by atoms with van der Waals surface area (Å²) in [5, 5.41) is 21.1. The zero-order valence-electron chi connectivity index (χ0n) is 7.88. The van der Waals surface area contributed by atoms with Gasteiger partial charge in [0.1, 0.15) is 18.4 Å². The summed E-state index contributed by atoms with van der Waals surface area (Å²) in [5.74, 6) is 0.209. The molecule has 1 aromatic heterocycles. The van der Waals surface area contributed by atoms with Crippen molar-refractivity contribution in [1.82, 2.24) is 14.9 Å². The fourth-order valence-electron chi connectivity index (χ4n) is 1.07. The van der Waals surface area contributed by atoms with Gasteiger partial charge < -0.3 is 5.11 Å². The van der Waals surface area contributed by atoms with Gasteiger partial charge in [0.15, 0.2) is 0 Å². The van der Waals surface area contributed by atoms with Gasteiger partial charge in [-0.25, -0.2) is 4.68 Å². The van der Waals surface area contributed by atoms with E-state index in [1.165, 1.54) is 17.3 Å². The third-order valence-electron chi connectivity index (χ3n) is 1.79. The van der Waals surface area contributed by atoms with Crippen LogP contribution in [0.3, 0.4) is 0 Å². The lowest BCUT2D eigenvalue weighted by molar-refractivity contribution is 0.470. The first-order valence-corrected chi connectivity index (χ1v) is 6.11. The van der Waals surface area contributed by atoms with Gasteiger partial charge in [0, 0.05) is 10.0 Å². The van der Waals surface area contributed by atoms with E-state index in [0.717, 1.165) is 8.04 Å². The van der Waals surface area contributed by atoms with Gasteiger partial charge >= 0.3 is 0 Å². The summed E-state index contributed by atoms with van der Waals surface area (Å²) in [4.78, 5) is 0. The van der Waals surface area contributed by atoms with Crippen molar-refractivity contribution in [2.75, 3.05) is 0 Å². The van der Waals surface area contributed by atoms with Crippen molar-refractivity contribution in [3.63, 3.8) is 0 Å². The lowest BCUT2D eigenvalue weighted by atomic mass is 10.2. The molecule has 2 aromatic rings. The number of aromatic hydroxyl groups is 1. The highest BCUT2D eigenvalue weighted by atomic mass is 127. The van der Waals surface area contributed by atoms with Crippen LogP contribution in [0.4, 0.5) is 0 Å². The molecule has 1 heterocycles. The molecule has 0 bridgehead atoms. The minimum absolute atomic E-state index is 0.209. The van der Waals surface area contributed by atoms with E-state index in [4.69, 9.17) is 0 Å². The van der Waals surface area contributed by atoms with E-state index in [9.17, 15) is 5.11 Å². The van der Waals surface area contributed by atoms with E-state index >= 15 is 0 Å². The Morgan fingerprint density at radius 3 is 2.75 bits per heavy atom. The SMILES string of the molecule is Oc1c(I)cc(Br)cc1/C=N\n1cnnc1. The molecule has 0 fully saturated rings. The van der Waals surface area contributed by atoms with E-state index < -0.39 is 0 Å². The predicted octanol–water partition coefficient (Wildman–Crippen LogP) is 2.23. The minimum atomic E-state index is 0.209. The molecular formula is C9H6BrIN4O. The third-order valence-corrected chi connectivity index (χ3v) is 3.07. The average Bonchev–Trinajstić information content (AvgIpc) is 2.74. The number of hydrogen-bond acceptors (Lipinski definition) is 4. The number of halogens is 2. The molecule has 0 spiro atoms. The van der Waals surface area contributed by atoms with Gasteiger partial charge in [-0.1, -0.05) is 15.9 Å². The maximum atomic E-state index is 9.79. The van der Waals surface area contributed by atoms with Crippen LogP contribution in [0.5, 0.6) is 5.75 Å². The lowest BCUT2D eigenvalue weighted by Crippen LogP contribution is -1.90. The Morgan fingerprint density at radius 2 is 2.06 bits per heavy atom. The summed E-state index contributed by atoms with van der Waals surface area (Å²) in [6.07, 6.45) is 4.48. The highest BCUT2D eigenvalue weighted by molar-refractivity contribution is 14.1. The highest BCUT2D eigenvalue weighted by Crippen LogP contribution is 2.27. The molecule has 5 nitrogen and oxygen atoms in total. The zero-order valence-corrected chi connectivity index (χ0v) is 11.6. The molecule has 7 heteroatoms. The first kappa shape index (κ1) is 11.5. The molecule has 0 atom stereocenters. The number of phenols is 1. The number of phenolic OH excluding ortho intramolecular Hbond substituents is 1. The topological polar surface area (TPSA) is 63.3 Å². The van der Waals surface area contributed by atoms with Crippen molar-refractivity contribution >= 4 is 44.7 Å². The smallest absolute Gasteiger partial charge is 0.141 e. The van der Waals surface area contributed by atoms with Crippen LogP contribution in [0.15, 0.2) is 34.4 Å². The number of hydrogen-bond donors (Lipinski definition) is 1. The molecule has 1 N–H and O–H groups in total. The van der Waals surface area contributed by atoms with Gasteiger partial charge in [-0.2, -0.15) is 5.10 Å². The summed E-state index contributed by atoms with van der Waals surface area (Å²) >= 11 is 5.41.